The Morgan fingerprint density at radius 1 is 0.909 bits per heavy atom. The van der Waals surface area contributed by atoms with Crippen LogP contribution in [0.3, 0.4) is 0 Å². The number of hydrogen-bond donors (Lipinski definition) is 0. The minimum Gasteiger partial charge on any atom is -0.494 e. The van der Waals surface area contributed by atoms with Crippen molar-refractivity contribution in [3.8, 4) is 5.75 Å². The fourth-order valence-corrected chi connectivity index (χ4v) is 2.19. The molecule has 0 saturated carbocycles. The summed E-state index contributed by atoms with van der Waals surface area (Å²) in [5.41, 5.74) is 0.507. The summed E-state index contributed by atoms with van der Waals surface area (Å²) in [5.74, 6) is 0.298. The van der Waals surface area contributed by atoms with E-state index in [2.05, 4.69) is 0 Å². The van der Waals surface area contributed by atoms with Crippen molar-refractivity contribution in [3.63, 3.8) is 0 Å². The zero-order chi connectivity index (χ0) is 15.8. The Morgan fingerprint density at radius 3 is 2.18 bits per heavy atom. The molecule has 1 aliphatic heterocycles. The first-order chi connectivity index (χ1) is 10.7. The standard InChI is InChI=1S/C17H18NO4/c19-13-14-5-7-15(8-6-14)22-12-4-2-1-3-11-18-16(20)9-10-17(18)21/h5-10H,1-4,11-12H2. The minimum absolute atomic E-state index is 0.218. The van der Waals surface area contributed by atoms with Gasteiger partial charge in [0.05, 0.1) is 6.61 Å². The van der Waals surface area contributed by atoms with Crippen LogP contribution in [0.15, 0.2) is 36.4 Å². The van der Waals surface area contributed by atoms with E-state index in [1.807, 2.05) is 6.29 Å². The molecule has 0 bridgehead atoms. The highest BCUT2D eigenvalue weighted by molar-refractivity contribution is 6.12. The van der Waals surface area contributed by atoms with Gasteiger partial charge in [-0.2, -0.15) is 0 Å². The number of nitrogens with zero attached hydrogens (tertiary/aromatic N) is 1. The van der Waals surface area contributed by atoms with Crippen LogP contribution < -0.4 is 4.74 Å². The first kappa shape index (κ1) is 15.9. The Balaban J connectivity index is 1.53. The van der Waals surface area contributed by atoms with E-state index in [1.54, 1.807) is 24.3 Å². The number of rotatable bonds is 9. The Labute approximate surface area is 129 Å². The molecule has 0 fully saturated rings. The molecule has 1 radical (unpaired) electrons. The molecule has 0 N–H and O–H groups in total. The number of amides is 2. The van der Waals surface area contributed by atoms with Crippen LogP contribution in [-0.2, 0) is 14.4 Å². The fourth-order valence-electron chi connectivity index (χ4n) is 2.19. The normalized spacial score (nSPS) is 13.7. The Bertz CT molecular complexity index is 545. The van der Waals surface area contributed by atoms with Gasteiger partial charge < -0.3 is 4.74 Å². The van der Waals surface area contributed by atoms with Crippen molar-refractivity contribution in [2.45, 2.75) is 25.7 Å². The van der Waals surface area contributed by atoms with E-state index in [4.69, 9.17) is 4.74 Å². The Hall–Kier alpha value is -2.43. The van der Waals surface area contributed by atoms with E-state index in [0.717, 1.165) is 31.4 Å². The highest BCUT2D eigenvalue weighted by atomic mass is 16.5. The predicted molar refractivity (Wildman–Crippen MR) is 81.1 cm³/mol. The van der Waals surface area contributed by atoms with E-state index in [0.29, 0.717) is 18.7 Å². The summed E-state index contributed by atoms with van der Waals surface area (Å²) >= 11 is 0. The summed E-state index contributed by atoms with van der Waals surface area (Å²) in [4.78, 5) is 34.3. The van der Waals surface area contributed by atoms with E-state index >= 15 is 0 Å². The van der Waals surface area contributed by atoms with Crippen molar-refractivity contribution in [1.82, 2.24) is 4.90 Å². The van der Waals surface area contributed by atoms with Crippen LogP contribution >= 0.6 is 0 Å². The van der Waals surface area contributed by atoms with Gasteiger partial charge in [0, 0.05) is 24.3 Å². The van der Waals surface area contributed by atoms with Crippen LogP contribution in [0.25, 0.3) is 0 Å². The molecular formula is C17H18NO4. The molecule has 2 amide bonds. The van der Waals surface area contributed by atoms with Crippen molar-refractivity contribution in [3.05, 3.63) is 42.0 Å². The second-order valence-corrected chi connectivity index (χ2v) is 5.05. The van der Waals surface area contributed by atoms with Crippen molar-refractivity contribution >= 4 is 18.1 Å². The smallest absolute Gasteiger partial charge is 0.253 e. The molecule has 0 spiro atoms. The van der Waals surface area contributed by atoms with Crippen LogP contribution in [0, 0.1) is 0 Å². The molecule has 1 aliphatic rings. The maximum atomic E-state index is 11.3. The lowest BCUT2D eigenvalue weighted by atomic mass is 10.2. The monoisotopic (exact) mass is 300 g/mol. The molecule has 1 heterocycles. The van der Waals surface area contributed by atoms with Gasteiger partial charge in [-0.1, -0.05) is 12.8 Å². The molecule has 0 unspecified atom stereocenters. The first-order valence-electron chi connectivity index (χ1n) is 7.35. The van der Waals surface area contributed by atoms with Gasteiger partial charge in [-0.25, -0.2) is 0 Å². The molecule has 1 aromatic carbocycles. The predicted octanol–water partition coefficient (Wildman–Crippen LogP) is 2.01. The number of benzene rings is 1. The van der Waals surface area contributed by atoms with Crippen molar-refractivity contribution in [1.29, 1.82) is 0 Å². The summed E-state index contributed by atoms with van der Waals surface area (Å²) in [6.07, 6.45) is 8.06. The molecule has 0 atom stereocenters. The van der Waals surface area contributed by atoms with Crippen molar-refractivity contribution in [2.75, 3.05) is 13.2 Å². The Morgan fingerprint density at radius 2 is 1.55 bits per heavy atom. The highest BCUT2D eigenvalue weighted by Gasteiger charge is 2.21. The number of carbonyl (C=O) groups is 2. The number of imide groups is 1. The number of ether oxygens (including phenoxy) is 1. The van der Waals surface area contributed by atoms with Gasteiger partial charge in [0.1, 0.15) is 5.75 Å². The van der Waals surface area contributed by atoms with Crippen LogP contribution in [0.1, 0.15) is 31.2 Å². The second-order valence-electron chi connectivity index (χ2n) is 5.05. The molecule has 0 aliphatic carbocycles. The summed E-state index contributed by atoms with van der Waals surface area (Å²) in [6.45, 7) is 1.09. The largest absolute Gasteiger partial charge is 0.494 e. The Kier molecular flexibility index (Phi) is 5.89. The number of carbonyl (C=O) groups excluding carboxylic acids is 3. The third kappa shape index (κ3) is 4.55. The van der Waals surface area contributed by atoms with Crippen LogP contribution in [0.2, 0.25) is 0 Å². The molecule has 5 heteroatoms. The summed E-state index contributed by atoms with van der Waals surface area (Å²) < 4.78 is 5.56. The van der Waals surface area contributed by atoms with E-state index in [-0.39, 0.29) is 11.8 Å². The van der Waals surface area contributed by atoms with Gasteiger partial charge in [0.25, 0.3) is 11.8 Å². The molecule has 0 aromatic heterocycles. The first-order valence-corrected chi connectivity index (χ1v) is 7.35. The number of unbranched alkanes of at least 4 members (excludes halogenated alkanes) is 3. The molecule has 0 saturated heterocycles. The van der Waals surface area contributed by atoms with Crippen molar-refractivity contribution < 1.29 is 19.1 Å². The molecule has 115 valence electrons. The van der Waals surface area contributed by atoms with Crippen LogP contribution in [0.4, 0.5) is 0 Å². The summed E-state index contributed by atoms with van der Waals surface area (Å²) in [5, 5.41) is 0. The van der Waals surface area contributed by atoms with Gasteiger partial charge in [-0.05, 0) is 37.1 Å². The summed E-state index contributed by atoms with van der Waals surface area (Å²) in [6, 6.07) is 6.83. The third-order valence-corrected chi connectivity index (χ3v) is 3.42. The molecule has 2 rings (SSSR count). The van der Waals surface area contributed by atoms with Gasteiger partial charge >= 0.3 is 0 Å². The van der Waals surface area contributed by atoms with E-state index in [9.17, 15) is 14.4 Å². The van der Waals surface area contributed by atoms with Crippen molar-refractivity contribution in [2.24, 2.45) is 0 Å². The third-order valence-electron chi connectivity index (χ3n) is 3.42. The van der Waals surface area contributed by atoms with Gasteiger partial charge in [-0.15, -0.1) is 0 Å². The van der Waals surface area contributed by atoms with Gasteiger partial charge in [0.2, 0.25) is 6.29 Å². The number of hydrogen-bond acceptors (Lipinski definition) is 4. The molecule has 1 aromatic rings. The van der Waals surface area contributed by atoms with Crippen LogP contribution in [0.5, 0.6) is 5.75 Å². The summed E-state index contributed by atoms with van der Waals surface area (Å²) in [7, 11) is 0. The lowest BCUT2D eigenvalue weighted by Crippen LogP contribution is -2.30. The highest BCUT2D eigenvalue weighted by Crippen LogP contribution is 2.12. The maximum absolute atomic E-state index is 11.3. The average Bonchev–Trinajstić information content (AvgIpc) is 2.86. The molecule has 5 nitrogen and oxygen atoms in total. The molecule has 22 heavy (non-hydrogen) atoms. The average molecular weight is 300 g/mol. The van der Waals surface area contributed by atoms with Crippen LogP contribution in [-0.4, -0.2) is 36.2 Å². The lowest BCUT2D eigenvalue weighted by molar-refractivity contribution is -0.136. The topological polar surface area (TPSA) is 63.7 Å². The fraction of sp³-hybridized carbons (Fsp3) is 0.353. The van der Waals surface area contributed by atoms with Gasteiger partial charge in [-0.3, -0.25) is 19.3 Å². The van der Waals surface area contributed by atoms with E-state index in [1.165, 1.54) is 17.1 Å². The quantitative estimate of drug-likeness (QED) is 0.517. The SMILES string of the molecule is O=[C]c1ccc(OCCCCCCN2C(=O)C=CC2=O)cc1. The minimum atomic E-state index is -0.218. The van der Waals surface area contributed by atoms with Gasteiger partial charge in [0.15, 0.2) is 0 Å². The zero-order valence-electron chi connectivity index (χ0n) is 12.3. The zero-order valence-corrected chi connectivity index (χ0v) is 12.3. The molecular weight excluding hydrogens is 282 g/mol. The lowest BCUT2D eigenvalue weighted by Gasteiger charge is -2.13. The second kappa shape index (κ2) is 8.12. The van der Waals surface area contributed by atoms with E-state index < -0.39 is 0 Å². The maximum Gasteiger partial charge on any atom is 0.253 e.